The molecule has 0 amide bonds. The molecule has 0 aliphatic rings. The number of aliphatic hydroxyl groups excluding tert-OH is 1. The Morgan fingerprint density at radius 1 is 1.36 bits per heavy atom. The zero-order valence-electron chi connectivity index (χ0n) is 8.90. The van der Waals surface area contributed by atoms with Crippen LogP contribution in [0.1, 0.15) is 39.5 Å². The van der Waals surface area contributed by atoms with Crippen molar-refractivity contribution in [3.05, 3.63) is 0 Å². The van der Waals surface area contributed by atoms with Crippen LogP contribution in [0.25, 0.3) is 0 Å². The predicted octanol–water partition coefficient (Wildman–Crippen LogP) is 2.13. The van der Waals surface area contributed by atoms with Crippen LogP contribution in [0.2, 0.25) is 0 Å². The monoisotopic (exact) mass is 220 g/mol. The molecular weight excluding hydrogens is 200 g/mol. The minimum atomic E-state index is -1.21. The number of carboxylic acids is 1. The van der Waals surface area contributed by atoms with Gasteiger partial charge < -0.3 is 10.2 Å². The summed E-state index contributed by atoms with van der Waals surface area (Å²) in [7, 11) is 0. The Morgan fingerprint density at radius 2 is 2.00 bits per heavy atom. The second-order valence-corrected chi connectivity index (χ2v) is 4.79. The van der Waals surface area contributed by atoms with Gasteiger partial charge in [-0.3, -0.25) is 0 Å². The van der Waals surface area contributed by atoms with E-state index < -0.39 is 12.1 Å². The van der Waals surface area contributed by atoms with Crippen LogP contribution in [-0.2, 0) is 4.79 Å². The minimum absolute atomic E-state index is 0.149. The Balaban J connectivity index is 3.93. The molecule has 0 heterocycles. The van der Waals surface area contributed by atoms with Crippen molar-refractivity contribution in [1.29, 1.82) is 0 Å². The molecular formula is C10H20O3S. The maximum absolute atomic E-state index is 10.6. The molecule has 14 heavy (non-hydrogen) atoms. The van der Waals surface area contributed by atoms with Gasteiger partial charge in [0.05, 0.1) is 0 Å². The lowest BCUT2D eigenvalue weighted by Gasteiger charge is -2.18. The van der Waals surface area contributed by atoms with Crippen molar-refractivity contribution in [3.63, 3.8) is 0 Å². The van der Waals surface area contributed by atoms with Crippen LogP contribution in [0.4, 0.5) is 0 Å². The van der Waals surface area contributed by atoms with Gasteiger partial charge in [0.2, 0.25) is 0 Å². The second kappa shape index (κ2) is 8.12. The molecule has 0 aromatic rings. The summed E-state index contributed by atoms with van der Waals surface area (Å²) in [6.07, 6.45) is 2.80. The highest BCUT2D eigenvalue weighted by atomic mass is 32.2. The summed E-state index contributed by atoms with van der Waals surface area (Å²) in [6.45, 7) is 4.08. The quantitative estimate of drug-likeness (QED) is 0.615. The van der Waals surface area contributed by atoms with Gasteiger partial charge in [-0.1, -0.05) is 33.1 Å². The fourth-order valence-electron chi connectivity index (χ4n) is 1.30. The number of thioether (sulfide) groups is 1. The molecule has 2 atom stereocenters. The molecule has 0 bridgehead atoms. The standard InChI is InChI=1S/C10H20O3S/c1-3-5-6-7-8(14-4-2)9(11)10(12)13/h8-9,11H,3-7H2,1-2H3,(H,12,13). The molecule has 84 valence electrons. The van der Waals surface area contributed by atoms with E-state index in [9.17, 15) is 9.90 Å². The first-order chi connectivity index (χ1) is 6.63. The topological polar surface area (TPSA) is 57.5 Å². The molecule has 0 saturated heterocycles. The van der Waals surface area contributed by atoms with E-state index in [2.05, 4.69) is 6.92 Å². The smallest absolute Gasteiger partial charge is 0.333 e. The summed E-state index contributed by atoms with van der Waals surface area (Å²) in [5.74, 6) is -0.256. The van der Waals surface area contributed by atoms with Crippen LogP contribution in [-0.4, -0.2) is 33.3 Å². The van der Waals surface area contributed by atoms with Crippen LogP contribution >= 0.6 is 11.8 Å². The molecule has 0 saturated carbocycles. The maximum atomic E-state index is 10.6. The molecule has 0 rings (SSSR count). The fourth-order valence-corrected chi connectivity index (χ4v) is 2.36. The van der Waals surface area contributed by atoms with Gasteiger partial charge in [0, 0.05) is 5.25 Å². The lowest BCUT2D eigenvalue weighted by molar-refractivity contribution is -0.146. The van der Waals surface area contributed by atoms with E-state index in [0.717, 1.165) is 31.4 Å². The van der Waals surface area contributed by atoms with Crippen LogP contribution in [0.15, 0.2) is 0 Å². The van der Waals surface area contributed by atoms with Gasteiger partial charge in [0.15, 0.2) is 6.10 Å². The number of aliphatic hydroxyl groups is 1. The molecule has 0 aliphatic heterocycles. The van der Waals surface area contributed by atoms with E-state index in [1.165, 1.54) is 11.8 Å². The lowest BCUT2D eigenvalue weighted by Crippen LogP contribution is -2.31. The van der Waals surface area contributed by atoms with E-state index >= 15 is 0 Å². The van der Waals surface area contributed by atoms with Crippen LogP contribution in [0.3, 0.4) is 0 Å². The number of hydrogen-bond acceptors (Lipinski definition) is 3. The Labute approximate surface area is 89.9 Å². The summed E-state index contributed by atoms with van der Waals surface area (Å²) >= 11 is 1.53. The van der Waals surface area contributed by atoms with Crippen molar-refractivity contribution in [2.45, 2.75) is 50.9 Å². The normalized spacial score (nSPS) is 15.1. The van der Waals surface area contributed by atoms with Gasteiger partial charge in [-0.25, -0.2) is 4.79 Å². The molecule has 0 aliphatic carbocycles. The summed E-state index contributed by atoms with van der Waals surface area (Å²) in [4.78, 5) is 10.6. The molecule has 0 aromatic carbocycles. The second-order valence-electron chi connectivity index (χ2n) is 3.27. The zero-order chi connectivity index (χ0) is 11.0. The minimum Gasteiger partial charge on any atom is -0.479 e. The Kier molecular flexibility index (Phi) is 7.99. The molecule has 0 radical (unpaired) electrons. The first kappa shape index (κ1) is 13.8. The predicted molar refractivity (Wildman–Crippen MR) is 59.7 cm³/mol. The molecule has 3 nitrogen and oxygen atoms in total. The van der Waals surface area contributed by atoms with E-state index in [4.69, 9.17) is 5.11 Å². The average Bonchev–Trinajstić information content (AvgIpc) is 2.15. The third-order valence-corrected chi connectivity index (χ3v) is 3.33. The molecule has 0 spiro atoms. The lowest BCUT2D eigenvalue weighted by atomic mass is 10.1. The van der Waals surface area contributed by atoms with E-state index in [1.54, 1.807) is 0 Å². The van der Waals surface area contributed by atoms with Crippen molar-refractivity contribution in [1.82, 2.24) is 0 Å². The molecule has 2 N–H and O–H groups in total. The summed E-state index contributed by atoms with van der Waals surface area (Å²) < 4.78 is 0. The van der Waals surface area contributed by atoms with Crippen molar-refractivity contribution < 1.29 is 15.0 Å². The highest BCUT2D eigenvalue weighted by molar-refractivity contribution is 7.99. The third kappa shape index (κ3) is 5.50. The third-order valence-electron chi connectivity index (χ3n) is 2.08. The number of unbranched alkanes of at least 4 members (excludes halogenated alkanes) is 2. The Morgan fingerprint density at radius 3 is 2.43 bits per heavy atom. The molecule has 0 aromatic heterocycles. The number of carbonyl (C=O) groups is 1. The average molecular weight is 220 g/mol. The number of carboxylic acid groups (broad SMARTS) is 1. The van der Waals surface area contributed by atoms with Gasteiger partial charge in [0.25, 0.3) is 0 Å². The molecule has 4 heteroatoms. The number of hydrogen-bond donors (Lipinski definition) is 2. The maximum Gasteiger partial charge on any atom is 0.333 e. The Bertz CT molecular complexity index is 161. The highest BCUT2D eigenvalue weighted by Crippen LogP contribution is 2.21. The Hall–Kier alpha value is -0.220. The van der Waals surface area contributed by atoms with Crippen molar-refractivity contribution >= 4 is 17.7 Å². The van der Waals surface area contributed by atoms with Crippen molar-refractivity contribution in [2.24, 2.45) is 0 Å². The summed E-state index contributed by atoms with van der Waals surface area (Å²) in [5, 5.41) is 17.9. The van der Waals surface area contributed by atoms with Crippen LogP contribution in [0.5, 0.6) is 0 Å². The molecule has 2 unspecified atom stereocenters. The van der Waals surface area contributed by atoms with Gasteiger partial charge in [-0.15, -0.1) is 0 Å². The largest absolute Gasteiger partial charge is 0.479 e. The van der Waals surface area contributed by atoms with Gasteiger partial charge in [-0.05, 0) is 12.2 Å². The summed E-state index contributed by atoms with van der Waals surface area (Å²) in [6, 6.07) is 0. The SMILES string of the molecule is CCCCCC(SCC)C(O)C(=O)O. The van der Waals surface area contributed by atoms with Gasteiger partial charge >= 0.3 is 5.97 Å². The van der Waals surface area contributed by atoms with Gasteiger partial charge in [-0.2, -0.15) is 11.8 Å². The van der Waals surface area contributed by atoms with Crippen LogP contribution in [0, 0.1) is 0 Å². The van der Waals surface area contributed by atoms with Crippen molar-refractivity contribution in [2.75, 3.05) is 5.75 Å². The van der Waals surface area contributed by atoms with Gasteiger partial charge in [0.1, 0.15) is 0 Å². The number of aliphatic carboxylic acids is 1. The number of rotatable bonds is 8. The van der Waals surface area contributed by atoms with E-state index in [-0.39, 0.29) is 5.25 Å². The van der Waals surface area contributed by atoms with E-state index in [1.807, 2.05) is 6.92 Å². The van der Waals surface area contributed by atoms with E-state index in [0.29, 0.717) is 0 Å². The fraction of sp³-hybridized carbons (Fsp3) is 0.900. The zero-order valence-corrected chi connectivity index (χ0v) is 9.72. The first-order valence-electron chi connectivity index (χ1n) is 5.15. The first-order valence-corrected chi connectivity index (χ1v) is 6.20. The van der Waals surface area contributed by atoms with Crippen molar-refractivity contribution in [3.8, 4) is 0 Å². The summed E-state index contributed by atoms with van der Waals surface area (Å²) in [5.41, 5.74) is 0. The van der Waals surface area contributed by atoms with Crippen LogP contribution < -0.4 is 0 Å². The highest BCUT2D eigenvalue weighted by Gasteiger charge is 2.24. The molecule has 0 fully saturated rings.